The van der Waals surface area contributed by atoms with Gasteiger partial charge in [0.25, 0.3) is 0 Å². The number of allylic oxidation sites excluding steroid dienone is 5. The third-order valence-corrected chi connectivity index (χ3v) is 9.51. The Morgan fingerprint density at radius 2 is 1.64 bits per heavy atom. The van der Waals surface area contributed by atoms with E-state index >= 15 is 0 Å². The summed E-state index contributed by atoms with van der Waals surface area (Å²) in [5.41, 5.74) is -0.974. The molecule has 1 N–H and O–H groups in total. The van der Waals surface area contributed by atoms with E-state index in [1.807, 2.05) is 49.2 Å². The van der Waals surface area contributed by atoms with Crippen molar-refractivity contribution in [2.24, 2.45) is 41.4 Å². The number of carbonyl (C=O) groups is 3. The molecule has 1 aliphatic heterocycles. The molecule has 10 atom stereocenters. The van der Waals surface area contributed by atoms with Crippen LogP contribution in [0.15, 0.2) is 36.5 Å². The van der Waals surface area contributed by atoms with E-state index in [4.69, 9.17) is 27.9 Å². The average molecular weight is 652 g/mol. The summed E-state index contributed by atoms with van der Waals surface area (Å²) in [6.07, 6.45) is 11.4. The van der Waals surface area contributed by atoms with Gasteiger partial charge in [0.2, 0.25) is 4.33 Å². The molecule has 2 unspecified atom stereocenters. The highest BCUT2D eigenvalue weighted by molar-refractivity contribution is 14.1. The molecule has 9 heteroatoms. The van der Waals surface area contributed by atoms with Gasteiger partial charge in [-0.25, -0.2) is 3.11 Å². The lowest BCUT2D eigenvalue weighted by Crippen LogP contribution is -2.62. The molecular formula is C27H36Cl2INO5. The van der Waals surface area contributed by atoms with E-state index in [9.17, 15) is 19.5 Å². The SMILES string of the molecule is C[C@@H]1C(=O)O[C@@H](C)/C=C/C=C\[C@@H](C)[C@@H]2C=C[C@@H]3C[C@@](C)(O)[C@@H](N(C)I)[C@@H](C)C3C2C(=O)C(Cl)(Cl)C1=O. The number of ketones is 2. The van der Waals surface area contributed by atoms with Crippen molar-refractivity contribution in [1.82, 2.24) is 3.11 Å². The number of cyclic esters (lactones) is 1. The molecule has 1 heterocycles. The maximum atomic E-state index is 14.2. The normalized spacial score (nSPS) is 45.3. The Labute approximate surface area is 238 Å². The fraction of sp³-hybridized carbons (Fsp3) is 0.667. The number of hydrogen-bond donors (Lipinski definition) is 1. The van der Waals surface area contributed by atoms with E-state index in [0.29, 0.717) is 6.42 Å². The van der Waals surface area contributed by atoms with Gasteiger partial charge >= 0.3 is 5.97 Å². The first-order valence-corrected chi connectivity index (χ1v) is 14.1. The zero-order valence-electron chi connectivity index (χ0n) is 21.5. The molecule has 1 fully saturated rings. The number of hydrogen-bond acceptors (Lipinski definition) is 6. The lowest BCUT2D eigenvalue weighted by Gasteiger charge is -2.55. The number of Topliss-reactive ketones (excluding diaryl/α,β-unsaturated/α-hetero) is 2. The highest BCUT2D eigenvalue weighted by Crippen LogP contribution is 2.54. The molecule has 6 nitrogen and oxygen atoms in total. The van der Waals surface area contributed by atoms with E-state index in [0.717, 1.165) is 0 Å². The van der Waals surface area contributed by atoms with Gasteiger partial charge < -0.3 is 9.84 Å². The maximum absolute atomic E-state index is 14.2. The highest BCUT2D eigenvalue weighted by atomic mass is 127. The van der Waals surface area contributed by atoms with Crippen LogP contribution in [0.3, 0.4) is 0 Å². The summed E-state index contributed by atoms with van der Waals surface area (Å²) in [5.74, 6) is -4.98. The van der Waals surface area contributed by atoms with Crippen LogP contribution in [0.4, 0.5) is 0 Å². The summed E-state index contributed by atoms with van der Waals surface area (Å²) < 4.78 is 4.91. The fourth-order valence-corrected chi connectivity index (χ4v) is 8.21. The Morgan fingerprint density at radius 1 is 1.03 bits per heavy atom. The van der Waals surface area contributed by atoms with E-state index in [1.54, 1.807) is 19.1 Å². The molecule has 0 radical (unpaired) electrons. The Bertz CT molecular complexity index is 975. The van der Waals surface area contributed by atoms with E-state index in [-0.39, 0.29) is 35.6 Å². The van der Waals surface area contributed by atoms with Gasteiger partial charge in [-0.15, -0.1) is 0 Å². The Balaban J connectivity index is 2.16. The van der Waals surface area contributed by atoms with Gasteiger partial charge in [0.05, 0.1) is 11.6 Å². The first kappa shape index (κ1) is 29.8. The van der Waals surface area contributed by atoms with Crippen LogP contribution >= 0.6 is 46.1 Å². The lowest BCUT2D eigenvalue weighted by molar-refractivity contribution is -0.154. The summed E-state index contributed by atoms with van der Waals surface area (Å²) in [6, 6.07) is -0.229. The van der Waals surface area contributed by atoms with Crippen molar-refractivity contribution in [3.63, 3.8) is 0 Å². The van der Waals surface area contributed by atoms with Gasteiger partial charge in [0, 0.05) is 28.8 Å². The number of ether oxygens (including phenoxy) is 1. The van der Waals surface area contributed by atoms with Crippen LogP contribution in [0.1, 0.15) is 41.0 Å². The summed E-state index contributed by atoms with van der Waals surface area (Å²) in [4.78, 5) is 40.2. The van der Waals surface area contributed by atoms with E-state index < -0.39 is 45.4 Å². The van der Waals surface area contributed by atoms with Gasteiger partial charge in [-0.1, -0.05) is 67.4 Å². The zero-order chi connectivity index (χ0) is 27.2. The number of aliphatic hydroxyl groups is 1. The summed E-state index contributed by atoms with van der Waals surface area (Å²) in [5, 5.41) is 11.3. The molecule has 0 bridgehead atoms. The average Bonchev–Trinajstić information content (AvgIpc) is 2.77. The maximum Gasteiger partial charge on any atom is 0.316 e. The molecule has 0 amide bonds. The van der Waals surface area contributed by atoms with Crippen molar-refractivity contribution >= 4 is 63.6 Å². The number of carbonyl (C=O) groups excluding carboxylic acids is 3. The molecule has 1 saturated carbocycles. The fourth-order valence-electron chi connectivity index (χ4n) is 6.52. The largest absolute Gasteiger partial charge is 0.458 e. The number of nitrogens with zero attached hydrogens (tertiary/aromatic N) is 1. The van der Waals surface area contributed by atoms with Gasteiger partial charge in [-0.05, 0) is 69.9 Å². The van der Waals surface area contributed by atoms with Crippen LogP contribution in [0, 0.1) is 41.4 Å². The van der Waals surface area contributed by atoms with Crippen molar-refractivity contribution in [1.29, 1.82) is 0 Å². The summed E-state index contributed by atoms with van der Waals surface area (Å²) >= 11 is 15.3. The van der Waals surface area contributed by atoms with Gasteiger partial charge in [0.1, 0.15) is 12.0 Å². The molecule has 0 aromatic carbocycles. The predicted molar refractivity (Wildman–Crippen MR) is 150 cm³/mol. The van der Waals surface area contributed by atoms with Gasteiger partial charge in [0.15, 0.2) is 11.6 Å². The molecule has 3 aliphatic rings. The highest BCUT2D eigenvalue weighted by Gasteiger charge is 2.59. The predicted octanol–water partition coefficient (Wildman–Crippen LogP) is 5.10. The molecule has 0 aromatic heterocycles. The van der Waals surface area contributed by atoms with Crippen LogP contribution < -0.4 is 0 Å². The van der Waals surface area contributed by atoms with Crippen molar-refractivity contribution in [3.8, 4) is 0 Å². The van der Waals surface area contributed by atoms with Gasteiger partial charge in [-0.2, -0.15) is 0 Å². The van der Waals surface area contributed by atoms with E-state index in [2.05, 4.69) is 28.9 Å². The smallest absolute Gasteiger partial charge is 0.316 e. The number of rotatable bonds is 1. The number of fused-ring (bicyclic) bond motifs is 3. The molecule has 3 rings (SSSR count). The molecule has 2 aliphatic carbocycles. The molecule has 200 valence electrons. The summed E-state index contributed by atoms with van der Waals surface area (Å²) in [6.45, 7) is 8.95. The molecular weight excluding hydrogens is 616 g/mol. The topological polar surface area (TPSA) is 83.9 Å². The number of alkyl halides is 2. The lowest BCUT2D eigenvalue weighted by atomic mass is 9.53. The standard InChI is InChI=1S/C27H36Cl2INO5/c1-14-9-7-8-10-15(2)36-25(34)17(4)23(32)27(28,29)24(33)21-19(14)12-11-18-13-26(5,35)22(31(6)30)16(3)20(18)21/h7-12,14-22,35H,13H2,1-6H3/b9-7-,10-8+/t14-,15+,16+,17+,18-,19+,20?,21?,22+,26-/m1/s1. The minimum absolute atomic E-state index is 0.0660. The molecule has 0 spiro atoms. The first-order valence-electron chi connectivity index (χ1n) is 12.4. The van der Waals surface area contributed by atoms with Crippen LogP contribution in [0.5, 0.6) is 0 Å². The minimum Gasteiger partial charge on any atom is -0.458 e. The number of halogens is 3. The number of likely N-dealkylation sites (N-methyl/N-ethyl adjacent to an activating group) is 1. The van der Waals surface area contributed by atoms with Gasteiger partial charge in [-0.3, -0.25) is 14.4 Å². The number of esters is 1. The van der Waals surface area contributed by atoms with Crippen molar-refractivity contribution in [2.45, 2.75) is 63.1 Å². The van der Waals surface area contributed by atoms with Crippen molar-refractivity contribution in [2.75, 3.05) is 7.05 Å². The Hall–Kier alpha value is -0.740. The first-order chi connectivity index (χ1) is 16.6. The van der Waals surface area contributed by atoms with Crippen LogP contribution in [-0.2, 0) is 19.1 Å². The van der Waals surface area contributed by atoms with Crippen LogP contribution in [-0.4, -0.2) is 54.9 Å². The molecule has 0 saturated heterocycles. The molecule has 0 aromatic rings. The van der Waals surface area contributed by atoms with E-state index in [1.165, 1.54) is 6.92 Å². The quantitative estimate of drug-likeness (QED) is 0.106. The van der Waals surface area contributed by atoms with Crippen molar-refractivity contribution in [3.05, 3.63) is 36.5 Å². The van der Waals surface area contributed by atoms with Crippen LogP contribution in [0.2, 0.25) is 0 Å². The zero-order valence-corrected chi connectivity index (χ0v) is 25.2. The second kappa shape index (κ2) is 11.2. The monoisotopic (exact) mass is 651 g/mol. The third kappa shape index (κ3) is 5.65. The molecule has 36 heavy (non-hydrogen) atoms. The Kier molecular flexibility index (Phi) is 9.25. The Morgan fingerprint density at radius 3 is 2.25 bits per heavy atom. The second-order valence-corrected chi connectivity index (χ2v) is 13.8. The second-order valence-electron chi connectivity index (χ2n) is 10.9. The van der Waals surface area contributed by atoms with Crippen molar-refractivity contribution < 1.29 is 24.2 Å². The minimum atomic E-state index is -2.41. The third-order valence-electron chi connectivity index (χ3n) is 8.16. The summed E-state index contributed by atoms with van der Waals surface area (Å²) in [7, 11) is 1.91. The van der Waals surface area contributed by atoms with Crippen LogP contribution in [0.25, 0.3) is 0 Å².